The highest BCUT2D eigenvalue weighted by molar-refractivity contribution is 5.23. The largest absolute Gasteiger partial charge is 0.339 e. The SMILES string of the molecule is N[C@H](c1ccccc1)c1noc(C2CC2)n1. The second kappa shape index (κ2) is 3.72. The van der Waals surface area contributed by atoms with Crippen molar-refractivity contribution >= 4 is 0 Å². The topological polar surface area (TPSA) is 64.9 Å². The molecule has 82 valence electrons. The fraction of sp³-hybridized carbons (Fsp3) is 0.333. The highest BCUT2D eigenvalue weighted by atomic mass is 16.5. The van der Waals surface area contributed by atoms with Gasteiger partial charge in [-0.15, -0.1) is 0 Å². The summed E-state index contributed by atoms with van der Waals surface area (Å²) < 4.78 is 5.19. The Morgan fingerprint density at radius 1 is 1.25 bits per heavy atom. The first-order valence-corrected chi connectivity index (χ1v) is 5.48. The minimum absolute atomic E-state index is 0.294. The van der Waals surface area contributed by atoms with Gasteiger partial charge in [0.05, 0.1) is 6.04 Å². The Labute approximate surface area is 93.5 Å². The Kier molecular flexibility index (Phi) is 2.22. The summed E-state index contributed by atoms with van der Waals surface area (Å²) in [4.78, 5) is 4.35. The normalized spacial score (nSPS) is 17.3. The highest BCUT2D eigenvalue weighted by Gasteiger charge is 2.30. The van der Waals surface area contributed by atoms with E-state index in [1.807, 2.05) is 30.3 Å². The lowest BCUT2D eigenvalue weighted by Gasteiger charge is -2.05. The van der Waals surface area contributed by atoms with E-state index >= 15 is 0 Å². The van der Waals surface area contributed by atoms with Crippen molar-refractivity contribution in [3.8, 4) is 0 Å². The first-order chi connectivity index (χ1) is 7.84. The number of hydrogen-bond acceptors (Lipinski definition) is 4. The number of rotatable bonds is 3. The lowest BCUT2D eigenvalue weighted by molar-refractivity contribution is 0.372. The molecule has 1 fully saturated rings. The molecule has 1 aromatic heterocycles. The maximum Gasteiger partial charge on any atom is 0.229 e. The van der Waals surface area contributed by atoms with Crippen LogP contribution >= 0.6 is 0 Å². The van der Waals surface area contributed by atoms with Crippen LogP contribution in [0.25, 0.3) is 0 Å². The second-order valence-corrected chi connectivity index (χ2v) is 4.15. The van der Waals surface area contributed by atoms with E-state index in [1.165, 1.54) is 0 Å². The van der Waals surface area contributed by atoms with Gasteiger partial charge in [-0.3, -0.25) is 0 Å². The van der Waals surface area contributed by atoms with E-state index in [2.05, 4.69) is 10.1 Å². The molecule has 0 saturated heterocycles. The van der Waals surface area contributed by atoms with Crippen LogP contribution in [0.2, 0.25) is 0 Å². The summed E-state index contributed by atoms with van der Waals surface area (Å²) in [6.07, 6.45) is 2.31. The second-order valence-electron chi connectivity index (χ2n) is 4.15. The van der Waals surface area contributed by atoms with Crippen molar-refractivity contribution in [3.63, 3.8) is 0 Å². The molecule has 1 aliphatic carbocycles. The molecule has 3 rings (SSSR count). The van der Waals surface area contributed by atoms with Gasteiger partial charge in [-0.1, -0.05) is 35.5 Å². The molecule has 4 heteroatoms. The van der Waals surface area contributed by atoms with Crippen molar-refractivity contribution in [1.82, 2.24) is 10.1 Å². The lowest BCUT2D eigenvalue weighted by atomic mass is 10.1. The number of aromatic nitrogens is 2. The van der Waals surface area contributed by atoms with Crippen molar-refractivity contribution in [2.75, 3.05) is 0 Å². The Balaban J connectivity index is 1.85. The third kappa shape index (κ3) is 1.72. The lowest BCUT2D eigenvalue weighted by Crippen LogP contribution is -2.13. The predicted octanol–water partition coefficient (Wildman–Crippen LogP) is 2.00. The van der Waals surface area contributed by atoms with E-state index in [4.69, 9.17) is 10.3 Å². The van der Waals surface area contributed by atoms with Crippen LogP contribution < -0.4 is 5.73 Å². The number of nitrogens with zero attached hydrogens (tertiary/aromatic N) is 2. The molecule has 0 unspecified atom stereocenters. The van der Waals surface area contributed by atoms with Crippen LogP contribution in [0, 0.1) is 0 Å². The van der Waals surface area contributed by atoms with Crippen LogP contribution in [0.5, 0.6) is 0 Å². The molecule has 0 aliphatic heterocycles. The fourth-order valence-corrected chi connectivity index (χ4v) is 1.68. The van der Waals surface area contributed by atoms with E-state index in [1.54, 1.807) is 0 Å². The van der Waals surface area contributed by atoms with E-state index in [-0.39, 0.29) is 6.04 Å². The summed E-state index contributed by atoms with van der Waals surface area (Å²) >= 11 is 0. The molecule has 1 saturated carbocycles. The average Bonchev–Trinajstić information content (AvgIpc) is 3.08. The van der Waals surface area contributed by atoms with Gasteiger partial charge in [-0.25, -0.2) is 0 Å². The Hall–Kier alpha value is -1.68. The van der Waals surface area contributed by atoms with Crippen molar-refractivity contribution in [3.05, 3.63) is 47.6 Å². The van der Waals surface area contributed by atoms with Crippen molar-refractivity contribution in [2.24, 2.45) is 5.73 Å². The summed E-state index contributed by atoms with van der Waals surface area (Å²) in [6.45, 7) is 0. The summed E-state index contributed by atoms with van der Waals surface area (Å²) in [6, 6.07) is 9.52. The Morgan fingerprint density at radius 2 is 2.00 bits per heavy atom. The van der Waals surface area contributed by atoms with Gasteiger partial charge in [0.25, 0.3) is 0 Å². The molecular weight excluding hydrogens is 202 g/mol. The molecule has 1 aliphatic rings. The van der Waals surface area contributed by atoms with Crippen LogP contribution in [0.3, 0.4) is 0 Å². The molecule has 1 heterocycles. The monoisotopic (exact) mass is 215 g/mol. The maximum absolute atomic E-state index is 6.07. The molecule has 4 nitrogen and oxygen atoms in total. The summed E-state index contributed by atoms with van der Waals surface area (Å²) in [7, 11) is 0. The van der Waals surface area contributed by atoms with Gasteiger partial charge in [-0.05, 0) is 18.4 Å². The van der Waals surface area contributed by atoms with E-state index in [9.17, 15) is 0 Å². The maximum atomic E-state index is 6.07. The zero-order chi connectivity index (χ0) is 11.0. The van der Waals surface area contributed by atoms with Crippen LogP contribution in [-0.2, 0) is 0 Å². The number of hydrogen-bond donors (Lipinski definition) is 1. The van der Waals surface area contributed by atoms with Crippen LogP contribution in [0.4, 0.5) is 0 Å². The number of benzene rings is 1. The van der Waals surface area contributed by atoms with E-state index < -0.39 is 0 Å². The van der Waals surface area contributed by atoms with Gasteiger partial charge >= 0.3 is 0 Å². The zero-order valence-electron chi connectivity index (χ0n) is 8.84. The van der Waals surface area contributed by atoms with Crippen LogP contribution in [-0.4, -0.2) is 10.1 Å². The fourth-order valence-electron chi connectivity index (χ4n) is 1.68. The first-order valence-electron chi connectivity index (χ1n) is 5.48. The van der Waals surface area contributed by atoms with Gasteiger partial charge in [0.1, 0.15) is 0 Å². The van der Waals surface area contributed by atoms with Crippen molar-refractivity contribution < 1.29 is 4.52 Å². The summed E-state index contributed by atoms with van der Waals surface area (Å²) in [5, 5.41) is 3.94. The summed E-state index contributed by atoms with van der Waals surface area (Å²) in [5.74, 6) is 1.79. The average molecular weight is 215 g/mol. The van der Waals surface area contributed by atoms with E-state index in [0.717, 1.165) is 24.3 Å². The van der Waals surface area contributed by atoms with Gasteiger partial charge in [0.2, 0.25) is 5.89 Å². The van der Waals surface area contributed by atoms with Crippen LogP contribution in [0.1, 0.15) is 42.1 Å². The third-order valence-corrected chi connectivity index (χ3v) is 2.82. The molecule has 16 heavy (non-hydrogen) atoms. The van der Waals surface area contributed by atoms with E-state index in [0.29, 0.717) is 11.7 Å². The van der Waals surface area contributed by atoms with Gasteiger partial charge in [0.15, 0.2) is 5.82 Å². The Bertz CT molecular complexity index is 476. The first kappa shape index (κ1) is 9.54. The molecule has 1 atom stereocenters. The van der Waals surface area contributed by atoms with Gasteiger partial charge in [-0.2, -0.15) is 4.98 Å². The van der Waals surface area contributed by atoms with Crippen LogP contribution in [0.15, 0.2) is 34.9 Å². The van der Waals surface area contributed by atoms with Crippen molar-refractivity contribution in [2.45, 2.75) is 24.8 Å². The molecule has 0 radical (unpaired) electrons. The standard InChI is InChI=1S/C12H13N3O/c13-10(8-4-2-1-3-5-8)11-14-12(16-15-11)9-6-7-9/h1-5,9-10H,6-7,13H2/t10-/m1/s1. The molecule has 0 amide bonds. The molecule has 2 N–H and O–H groups in total. The Morgan fingerprint density at radius 3 is 2.69 bits per heavy atom. The number of nitrogens with two attached hydrogens (primary N) is 1. The predicted molar refractivity (Wildman–Crippen MR) is 58.7 cm³/mol. The van der Waals surface area contributed by atoms with Crippen molar-refractivity contribution in [1.29, 1.82) is 0 Å². The van der Waals surface area contributed by atoms with Gasteiger partial charge < -0.3 is 10.3 Å². The molecule has 1 aromatic carbocycles. The minimum atomic E-state index is -0.294. The molecule has 2 aromatic rings. The third-order valence-electron chi connectivity index (χ3n) is 2.82. The molecular formula is C12H13N3O. The smallest absolute Gasteiger partial charge is 0.229 e. The van der Waals surface area contributed by atoms with Gasteiger partial charge in [0, 0.05) is 5.92 Å². The quantitative estimate of drug-likeness (QED) is 0.850. The minimum Gasteiger partial charge on any atom is -0.339 e. The highest BCUT2D eigenvalue weighted by Crippen LogP contribution is 2.39. The zero-order valence-corrected chi connectivity index (χ0v) is 8.84. The summed E-state index contributed by atoms with van der Waals surface area (Å²) in [5.41, 5.74) is 7.07. The molecule has 0 spiro atoms. The molecule has 0 bridgehead atoms.